The molecule has 32 heavy (non-hydrogen) atoms. The van der Waals surface area contributed by atoms with Crippen LogP contribution in [0, 0.1) is 5.41 Å². The molecule has 2 aromatic carbocycles. The fourth-order valence-corrected chi connectivity index (χ4v) is 3.58. The number of fused-ring (bicyclic) bond motifs is 1. The van der Waals surface area contributed by atoms with E-state index < -0.39 is 23.4 Å². The molecule has 5 N–H and O–H groups in total. The second-order valence-electron chi connectivity index (χ2n) is 7.15. The van der Waals surface area contributed by atoms with Crippen molar-refractivity contribution in [1.82, 2.24) is 10.6 Å². The van der Waals surface area contributed by atoms with Gasteiger partial charge in [0.25, 0.3) is 5.91 Å². The van der Waals surface area contributed by atoms with Gasteiger partial charge in [-0.25, -0.2) is 9.79 Å². The van der Waals surface area contributed by atoms with Crippen LogP contribution in [-0.2, 0) is 4.79 Å². The first kappa shape index (κ1) is 20.8. The highest BCUT2D eigenvalue weighted by Gasteiger charge is 2.25. The second-order valence-corrected chi connectivity index (χ2v) is 7.15. The summed E-state index contributed by atoms with van der Waals surface area (Å²) in [7, 11) is 0. The van der Waals surface area contributed by atoms with E-state index in [1.165, 1.54) is 6.21 Å². The molecule has 0 spiro atoms. The van der Waals surface area contributed by atoms with Gasteiger partial charge < -0.3 is 20.8 Å². The van der Waals surface area contributed by atoms with Crippen molar-refractivity contribution in [2.24, 2.45) is 10.7 Å². The third-order valence-electron chi connectivity index (χ3n) is 5.01. The van der Waals surface area contributed by atoms with E-state index in [4.69, 9.17) is 15.6 Å². The molecule has 0 aliphatic carbocycles. The minimum Gasteiger partial charge on any atom is -0.425 e. The molecule has 0 saturated carbocycles. The largest absolute Gasteiger partial charge is 0.425 e. The second kappa shape index (κ2) is 8.73. The molecule has 0 fully saturated rings. The Labute approximate surface area is 183 Å². The fourth-order valence-electron chi connectivity index (χ4n) is 3.58. The van der Waals surface area contributed by atoms with Gasteiger partial charge in [-0.15, -0.1) is 0 Å². The number of hydrogen-bond donors (Lipinski definition) is 4. The van der Waals surface area contributed by atoms with E-state index in [0.717, 1.165) is 10.9 Å². The maximum atomic E-state index is 13.0. The lowest BCUT2D eigenvalue weighted by molar-refractivity contribution is -0.117. The van der Waals surface area contributed by atoms with Crippen LogP contribution in [0.4, 0.5) is 0 Å². The first-order valence-electron chi connectivity index (χ1n) is 9.94. The number of nitrogens with one attached hydrogen (secondary N) is 3. The summed E-state index contributed by atoms with van der Waals surface area (Å²) in [5, 5.41) is 14.6. The van der Waals surface area contributed by atoms with Gasteiger partial charge in [0.1, 0.15) is 23.0 Å². The zero-order valence-electron chi connectivity index (χ0n) is 17.3. The lowest BCUT2D eigenvalue weighted by Gasteiger charge is -2.19. The summed E-state index contributed by atoms with van der Waals surface area (Å²) in [6, 6.07) is 16.0. The Morgan fingerprint density at radius 3 is 2.47 bits per heavy atom. The number of rotatable bonds is 5. The molecule has 3 aromatic rings. The average molecular weight is 427 g/mol. The topological polar surface area (TPSA) is 134 Å². The van der Waals surface area contributed by atoms with Gasteiger partial charge in [-0.3, -0.25) is 10.2 Å². The van der Waals surface area contributed by atoms with E-state index >= 15 is 0 Å². The number of amidine groups is 1. The summed E-state index contributed by atoms with van der Waals surface area (Å²) in [6.45, 7) is 1.71. The van der Waals surface area contributed by atoms with E-state index in [2.05, 4.69) is 15.6 Å². The van der Waals surface area contributed by atoms with Crippen molar-refractivity contribution in [1.29, 1.82) is 5.41 Å². The smallest absolute Gasteiger partial charge is 0.343 e. The Morgan fingerprint density at radius 1 is 1.12 bits per heavy atom. The zero-order chi connectivity index (χ0) is 22.7. The van der Waals surface area contributed by atoms with E-state index in [-0.39, 0.29) is 11.4 Å². The van der Waals surface area contributed by atoms with Crippen LogP contribution in [-0.4, -0.2) is 18.0 Å². The lowest BCUT2D eigenvalue weighted by Crippen LogP contribution is -2.36. The Kier molecular flexibility index (Phi) is 5.67. The molecule has 0 radical (unpaired) electrons. The van der Waals surface area contributed by atoms with E-state index in [1.807, 2.05) is 42.5 Å². The normalized spacial score (nSPS) is 15.2. The van der Waals surface area contributed by atoms with Crippen molar-refractivity contribution in [3.63, 3.8) is 0 Å². The monoisotopic (exact) mass is 427 g/mol. The molecule has 160 valence electrons. The number of aliphatic imine (C=N–C) groups is 1. The molecule has 8 nitrogen and oxygen atoms in total. The fraction of sp³-hybridized carbons (Fsp3) is 0.0833. The summed E-state index contributed by atoms with van der Waals surface area (Å²) >= 11 is 0. The Morgan fingerprint density at radius 2 is 1.81 bits per heavy atom. The first-order chi connectivity index (χ1) is 15.5. The number of benzene rings is 2. The molecule has 1 amide bonds. The Balaban J connectivity index is 1.80. The quantitative estimate of drug-likeness (QED) is 0.282. The SMILES string of the molecule is CC(NC(=O)/C(C(=N)N)=C1\N=CC=CN1)c1oc(=O)c2ccccc2c1-c1ccccc1. The molecule has 2 heterocycles. The summed E-state index contributed by atoms with van der Waals surface area (Å²) in [5.74, 6) is -0.586. The molecule has 1 aromatic heterocycles. The Hall–Kier alpha value is -4.46. The predicted molar refractivity (Wildman–Crippen MR) is 124 cm³/mol. The van der Waals surface area contributed by atoms with Gasteiger partial charge in [0, 0.05) is 23.4 Å². The van der Waals surface area contributed by atoms with E-state index in [0.29, 0.717) is 16.7 Å². The summed E-state index contributed by atoms with van der Waals surface area (Å²) < 4.78 is 5.70. The van der Waals surface area contributed by atoms with Gasteiger partial charge in [-0.05, 0) is 24.6 Å². The van der Waals surface area contributed by atoms with E-state index in [1.54, 1.807) is 31.3 Å². The minimum atomic E-state index is -0.701. The number of allylic oxidation sites excluding steroid dienone is 1. The maximum absolute atomic E-state index is 13.0. The minimum absolute atomic E-state index is 0.109. The molecule has 8 heteroatoms. The van der Waals surface area contributed by atoms with Crippen LogP contribution in [0.1, 0.15) is 18.7 Å². The number of nitrogens with zero attached hydrogens (tertiary/aromatic N) is 1. The van der Waals surface area contributed by atoms with Gasteiger partial charge in [0.05, 0.1) is 11.4 Å². The molecule has 1 aliphatic rings. The molecule has 4 rings (SSSR count). The van der Waals surface area contributed by atoms with Crippen LogP contribution in [0.5, 0.6) is 0 Å². The summed E-state index contributed by atoms with van der Waals surface area (Å²) in [6.07, 6.45) is 4.72. The van der Waals surface area contributed by atoms with Crippen molar-refractivity contribution in [3.8, 4) is 11.1 Å². The zero-order valence-corrected chi connectivity index (χ0v) is 17.3. The Bertz CT molecular complexity index is 1350. The van der Waals surface area contributed by atoms with Crippen molar-refractivity contribution in [2.75, 3.05) is 0 Å². The molecule has 0 saturated heterocycles. The van der Waals surface area contributed by atoms with Crippen LogP contribution >= 0.6 is 0 Å². The third kappa shape index (κ3) is 3.93. The highest BCUT2D eigenvalue weighted by molar-refractivity contribution is 6.19. The van der Waals surface area contributed by atoms with Crippen LogP contribution in [0.3, 0.4) is 0 Å². The maximum Gasteiger partial charge on any atom is 0.343 e. The number of amides is 1. The number of carbonyl (C=O) groups is 1. The van der Waals surface area contributed by atoms with Crippen molar-refractivity contribution in [2.45, 2.75) is 13.0 Å². The third-order valence-corrected chi connectivity index (χ3v) is 5.01. The molecule has 1 atom stereocenters. The van der Waals surface area contributed by atoms with Gasteiger partial charge in [0.2, 0.25) is 0 Å². The summed E-state index contributed by atoms with van der Waals surface area (Å²) in [5.41, 5.74) is 6.61. The number of nitrogens with two attached hydrogens (primary N) is 1. The summed E-state index contributed by atoms with van der Waals surface area (Å²) in [4.78, 5) is 29.8. The molecular formula is C24H21N5O3. The number of carbonyl (C=O) groups excluding carboxylic acids is 1. The number of hydrogen-bond acceptors (Lipinski definition) is 6. The predicted octanol–water partition coefficient (Wildman–Crippen LogP) is 2.97. The highest BCUT2D eigenvalue weighted by Crippen LogP contribution is 2.33. The first-order valence-corrected chi connectivity index (χ1v) is 9.94. The van der Waals surface area contributed by atoms with Gasteiger partial charge in [-0.1, -0.05) is 48.5 Å². The molecular weight excluding hydrogens is 406 g/mol. The van der Waals surface area contributed by atoms with Gasteiger partial charge in [-0.2, -0.15) is 0 Å². The van der Waals surface area contributed by atoms with Crippen LogP contribution in [0.15, 0.2) is 92.5 Å². The van der Waals surface area contributed by atoms with E-state index in [9.17, 15) is 9.59 Å². The molecule has 0 bridgehead atoms. The van der Waals surface area contributed by atoms with Gasteiger partial charge in [0.15, 0.2) is 0 Å². The highest BCUT2D eigenvalue weighted by atomic mass is 16.4. The standard InChI is InChI=1S/C24H21N5O3/c1-14(29-23(30)19(21(25)26)22-27-12-7-13-28-22)20-18(15-8-3-2-4-9-15)16-10-5-6-11-17(16)24(31)32-20/h2-14,27H,1H3,(H3,25,26)(H,29,30)/b22-19-. The lowest BCUT2D eigenvalue weighted by atomic mass is 9.96. The van der Waals surface area contributed by atoms with Crippen molar-refractivity contribution >= 4 is 28.7 Å². The average Bonchev–Trinajstić information content (AvgIpc) is 2.80. The van der Waals surface area contributed by atoms with Gasteiger partial charge >= 0.3 is 5.63 Å². The van der Waals surface area contributed by atoms with Crippen LogP contribution in [0.25, 0.3) is 21.9 Å². The molecule has 1 unspecified atom stereocenters. The van der Waals surface area contributed by atoms with Crippen molar-refractivity contribution < 1.29 is 9.21 Å². The van der Waals surface area contributed by atoms with Crippen molar-refractivity contribution in [3.05, 3.63) is 94.4 Å². The van der Waals surface area contributed by atoms with Crippen LogP contribution < -0.4 is 22.0 Å². The molecule has 1 aliphatic heterocycles. The van der Waals surface area contributed by atoms with Crippen LogP contribution in [0.2, 0.25) is 0 Å².